The third-order valence-electron chi connectivity index (χ3n) is 5.63. The summed E-state index contributed by atoms with van der Waals surface area (Å²) >= 11 is 1.68. The van der Waals surface area contributed by atoms with Crippen LogP contribution in [0.3, 0.4) is 0 Å². The Morgan fingerprint density at radius 2 is 1.77 bits per heavy atom. The zero-order valence-corrected chi connectivity index (χ0v) is 19.0. The van der Waals surface area contributed by atoms with Gasteiger partial charge in [-0.2, -0.15) is 0 Å². The number of aryl methyl sites for hydroxylation is 3. The number of anilines is 2. The molecule has 1 aliphatic carbocycles. The van der Waals surface area contributed by atoms with Crippen molar-refractivity contribution >= 4 is 28.1 Å². The zero-order valence-electron chi connectivity index (χ0n) is 18.2. The third-order valence-corrected chi connectivity index (χ3v) is 6.56. The zero-order chi connectivity index (χ0) is 21.3. The van der Waals surface area contributed by atoms with Crippen molar-refractivity contribution in [1.82, 2.24) is 4.98 Å². The molecule has 156 valence electrons. The molecule has 1 fully saturated rings. The molecule has 1 amide bonds. The standard InChI is InChI=1S/C25H29N3OS/c1-5-27(22-12-13-22)25-26-21(16-30-25)15-28(23-14-18(3)6-9-19(23)4)24(29)20-10-7-17(2)8-11-20/h6-11,14,16,22H,5,12-13,15H2,1-4H3. The Hall–Kier alpha value is -2.66. The molecule has 0 radical (unpaired) electrons. The Balaban J connectivity index is 1.67. The van der Waals surface area contributed by atoms with Crippen molar-refractivity contribution in [3.8, 4) is 0 Å². The van der Waals surface area contributed by atoms with Gasteiger partial charge in [-0.3, -0.25) is 4.79 Å². The molecule has 0 spiro atoms. The molecular formula is C25H29N3OS. The summed E-state index contributed by atoms with van der Waals surface area (Å²) in [6.07, 6.45) is 2.51. The van der Waals surface area contributed by atoms with E-state index in [9.17, 15) is 4.79 Å². The van der Waals surface area contributed by atoms with Gasteiger partial charge in [0.25, 0.3) is 5.91 Å². The van der Waals surface area contributed by atoms with Crippen LogP contribution < -0.4 is 9.80 Å². The minimum atomic E-state index is 0.00721. The first-order valence-electron chi connectivity index (χ1n) is 10.6. The van der Waals surface area contributed by atoms with Gasteiger partial charge in [-0.1, -0.05) is 29.8 Å². The molecule has 0 aliphatic heterocycles. The molecule has 5 heteroatoms. The Morgan fingerprint density at radius 3 is 2.43 bits per heavy atom. The average Bonchev–Trinajstić information content (AvgIpc) is 3.47. The van der Waals surface area contributed by atoms with E-state index in [1.807, 2.05) is 36.1 Å². The van der Waals surface area contributed by atoms with Gasteiger partial charge in [-0.15, -0.1) is 11.3 Å². The summed E-state index contributed by atoms with van der Waals surface area (Å²) in [5.41, 5.74) is 5.96. The molecule has 1 aromatic heterocycles. The molecule has 0 unspecified atom stereocenters. The molecule has 0 N–H and O–H groups in total. The Bertz CT molecular complexity index is 1040. The summed E-state index contributed by atoms with van der Waals surface area (Å²) in [5, 5.41) is 3.17. The number of aromatic nitrogens is 1. The number of carbonyl (C=O) groups excluding carboxylic acids is 1. The fraction of sp³-hybridized carbons (Fsp3) is 0.360. The summed E-state index contributed by atoms with van der Waals surface area (Å²) in [5.74, 6) is 0.00721. The van der Waals surface area contributed by atoms with E-state index in [-0.39, 0.29) is 5.91 Å². The first-order valence-corrected chi connectivity index (χ1v) is 11.5. The lowest BCUT2D eigenvalue weighted by Crippen LogP contribution is -2.31. The number of hydrogen-bond acceptors (Lipinski definition) is 4. The van der Waals surface area contributed by atoms with Crippen LogP contribution >= 0.6 is 11.3 Å². The molecule has 1 aliphatic rings. The van der Waals surface area contributed by atoms with Crippen LogP contribution in [0.2, 0.25) is 0 Å². The van der Waals surface area contributed by atoms with Gasteiger partial charge in [0.1, 0.15) is 0 Å². The fourth-order valence-corrected chi connectivity index (χ4v) is 4.68. The molecule has 2 aromatic carbocycles. The number of nitrogens with zero attached hydrogens (tertiary/aromatic N) is 3. The summed E-state index contributed by atoms with van der Waals surface area (Å²) in [4.78, 5) is 22.7. The summed E-state index contributed by atoms with van der Waals surface area (Å²) < 4.78 is 0. The smallest absolute Gasteiger partial charge is 0.258 e. The minimum absolute atomic E-state index is 0.00721. The van der Waals surface area contributed by atoms with Crippen LogP contribution in [-0.4, -0.2) is 23.5 Å². The summed E-state index contributed by atoms with van der Waals surface area (Å²) in [6, 6.07) is 14.7. The fourth-order valence-electron chi connectivity index (χ4n) is 3.73. The molecule has 0 saturated heterocycles. The largest absolute Gasteiger partial charge is 0.345 e. The van der Waals surface area contributed by atoms with E-state index in [0.29, 0.717) is 18.2 Å². The number of hydrogen-bond donors (Lipinski definition) is 0. The summed E-state index contributed by atoms with van der Waals surface area (Å²) in [6.45, 7) is 9.78. The molecule has 4 rings (SSSR count). The monoisotopic (exact) mass is 419 g/mol. The van der Waals surface area contributed by atoms with Gasteiger partial charge >= 0.3 is 0 Å². The van der Waals surface area contributed by atoms with Crippen molar-refractivity contribution in [3.05, 3.63) is 75.8 Å². The van der Waals surface area contributed by atoms with E-state index >= 15 is 0 Å². The topological polar surface area (TPSA) is 36.4 Å². The van der Waals surface area contributed by atoms with E-state index in [1.165, 1.54) is 12.8 Å². The predicted octanol–water partition coefficient (Wildman–Crippen LogP) is 5.90. The van der Waals surface area contributed by atoms with Crippen molar-refractivity contribution in [1.29, 1.82) is 0 Å². The number of amides is 1. The Morgan fingerprint density at radius 1 is 1.07 bits per heavy atom. The Labute approximate surface area is 183 Å². The van der Waals surface area contributed by atoms with Gasteiger partial charge in [0.15, 0.2) is 5.13 Å². The number of thiazole rings is 1. The highest BCUT2D eigenvalue weighted by Gasteiger charge is 2.30. The van der Waals surface area contributed by atoms with Crippen molar-refractivity contribution in [2.75, 3.05) is 16.3 Å². The molecule has 4 nitrogen and oxygen atoms in total. The lowest BCUT2D eigenvalue weighted by Gasteiger charge is -2.25. The van der Waals surface area contributed by atoms with E-state index in [0.717, 1.165) is 39.7 Å². The maximum absolute atomic E-state index is 13.5. The second-order valence-electron chi connectivity index (χ2n) is 8.19. The molecular weight excluding hydrogens is 390 g/mol. The highest BCUT2D eigenvalue weighted by Crippen LogP contribution is 2.34. The van der Waals surface area contributed by atoms with Gasteiger partial charge in [0.2, 0.25) is 0 Å². The lowest BCUT2D eigenvalue weighted by molar-refractivity contribution is 0.0984. The van der Waals surface area contributed by atoms with Crippen LogP contribution in [0, 0.1) is 20.8 Å². The second kappa shape index (κ2) is 8.60. The number of benzene rings is 2. The van der Waals surface area contributed by atoms with Crippen molar-refractivity contribution in [3.63, 3.8) is 0 Å². The minimum Gasteiger partial charge on any atom is -0.345 e. The summed E-state index contributed by atoms with van der Waals surface area (Å²) in [7, 11) is 0. The van der Waals surface area contributed by atoms with E-state index in [2.05, 4.69) is 49.3 Å². The Kier molecular flexibility index (Phi) is 5.91. The normalized spacial score (nSPS) is 13.3. The van der Waals surface area contributed by atoms with E-state index < -0.39 is 0 Å². The van der Waals surface area contributed by atoms with Crippen molar-refractivity contribution < 1.29 is 4.79 Å². The molecule has 0 bridgehead atoms. The van der Waals surface area contributed by atoms with Crippen molar-refractivity contribution in [2.24, 2.45) is 0 Å². The maximum atomic E-state index is 13.5. The molecule has 3 aromatic rings. The van der Waals surface area contributed by atoms with Crippen LogP contribution in [0.5, 0.6) is 0 Å². The van der Waals surface area contributed by atoms with E-state index in [1.54, 1.807) is 11.3 Å². The highest BCUT2D eigenvalue weighted by molar-refractivity contribution is 7.13. The van der Waals surface area contributed by atoms with Crippen molar-refractivity contribution in [2.45, 2.75) is 53.1 Å². The quantitative estimate of drug-likeness (QED) is 0.478. The van der Waals surface area contributed by atoms with E-state index in [4.69, 9.17) is 4.98 Å². The third kappa shape index (κ3) is 4.41. The SMILES string of the molecule is CCN(c1nc(CN(C(=O)c2ccc(C)cc2)c2cc(C)ccc2C)cs1)C1CC1. The first-order chi connectivity index (χ1) is 14.5. The van der Waals surface area contributed by atoms with Crippen LogP contribution in [-0.2, 0) is 6.54 Å². The van der Waals surface area contributed by atoms with Crippen LogP contribution in [0.4, 0.5) is 10.8 Å². The lowest BCUT2D eigenvalue weighted by atomic mass is 10.1. The van der Waals surface area contributed by atoms with Gasteiger partial charge in [-0.05, 0) is 69.9 Å². The van der Waals surface area contributed by atoms with Crippen LogP contribution in [0.15, 0.2) is 47.8 Å². The number of rotatable bonds is 7. The molecule has 1 saturated carbocycles. The molecule has 0 atom stereocenters. The maximum Gasteiger partial charge on any atom is 0.258 e. The average molecular weight is 420 g/mol. The first kappa shape index (κ1) is 20.6. The highest BCUT2D eigenvalue weighted by atomic mass is 32.1. The van der Waals surface area contributed by atoms with Gasteiger partial charge in [0, 0.05) is 29.2 Å². The second-order valence-corrected chi connectivity index (χ2v) is 9.02. The molecule has 1 heterocycles. The van der Waals surface area contributed by atoms with Gasteiger partial charge in [0.05, 0.1) is 12.2 Å². The van der Waals surface area contributed by atoms with Gasteiger partial charge < -0.3 is 9.80 Å². The van der Waals surface area contributed by atoms with Crippen LogP contribution in [0.25, 0.3) is 0 Å². The van der Waals surface area contributed by atoms with Gasteiger partial charge in [-0.25, -0.2) is 4.98 Å². The number of carbonyl (C=O) groups is 1. The molecule has 30 heavy (non-hydrogen) atoms. The van der Waals surface area contributed by atoms with Crippen LogP contribution in [0.1, 0.15) is 52.5 Å². The predicted molar refractivity (Wildman–Crippen MR) is 126 cm³/mol.